The Labute approximate surface area is 296 Å². The number of hydrogen-bond donors (Lipinski definition) is 0. The summed E-state index contributed by atoms with van der Waals surface area (Å²) in [5, 5.41) is 2.42. The number of fused-ring (bicyclic) bond motifs is 5. The van der Waals surface area contributed by atoms with Gasteiger partial charge in [-0.3, -0.25) is 0 Å². The molecule has 9 aromatic rings. The Kier molecular flexibility index (Phi) is 6.81. The van der Waals surface area contributed by atoms with E-state index in [0.29, 0.717) is 0 Å². The standard InChI is InChI=1S/C48H32N2O/c1-4-14-33(15-5-1)36-30-37(34-16-6-2-7-17-34)32-40(31-36)49(38-18-8-3-9-19-38)39-28-26-35(27-29-39)41-20-12-23-44-47(41)42-21-13-25-46-48(42)50(44)43-22-10-11-24-45(43)51-46/h1-32H. The molecule has 0 radical (unpaired) electrons. The van der Waals surface area contributed by atoms with Crippen molar-refractivity contribution in [3.63, 3.8) is 0 Å². The zero-order chi connectivity index (χ0) is 33.7. The maximum Gasteiger partial charge on any atom is 0.152 e. The van der Waals surface area contributed by atoms with Gasteiger partial charge in [-0.2, -0.15) is 0 Å². The summed E-state index contributed by atoms with van der Waals surface area (Å²) in [6.45, 7) is 0. The van der Waals surface area contributed by atoms with E-state index >= 15 is 0 Å². The van der Waals surface area contributed by atoms with Crippen LogP contribution in [0.2, 0.25) is 0 Å². The first-order chi connectivity index (χ1) is 25.3. The largest absolute Gasteiger partial charge is 0.453 e. The fourth-order valence-electron chi connectivity index (χ4n) is 7.65. The third-order valence-corrected chi connectivity index (χ3v) is 9.94. The van der Waals surface area contributed by atoms with Gasteiger partial charge in [-0.15, -0.1) is 0 Å². The van der Waals surface area contributed by atoms with Gasteiger partial charge in [-0.1, -0.05) is 127 Å². The number of hydrogen-bond acceptors (Lipinski definition) is 2. The molecule has 1 aromatic heterocycles. The Bertz CT molecular complexity index is 2640. The Hall–Kier alpha value is -6.84. The molecule has 0 spiro atoms. The molecule has 10 rings (SSSR count). The molecule has 0 unspecified atom stereocenters. The molecule has 8 aromatic carbocycles. The van der Waals surface area contributed by atoms with Crippen LogP contribution >= 0.6 is 0 Å². The minimum Gasteiger partial charge on any atom is -0.453 e. The Morgan fingerprint density at radius 2 is 0.980 bits per heavy atom. The first kappa shape index (κ1) is 29.1. The van der Waals surface area contributed by atoms with E-state index < -0.39 is 0 Å². The number of anilines is 3. The SMILES string of the molecule is c1ccc(-c2cc(-c3ccccc3)cc(N(c3ccccc3)c3ccc(-c4cccc5c4c4cccc6c4n5-c4ccccc4O6)cc3)c2)cc1. The van der Waals surface area contributed by atoms with E-state index in [1.165, 1.54) is 49.7 Å². The van der Waals surface area contributed by atoms with Crippen molar-refractivity contribution in [2.45, 2.75) is 0 Å². The molecule has 0 saturated carbocycles. The van der Waals surface area contributed by atoms with Crippen LogP contribution in [0.1, 0.15) is 0 Å². The highest BCUT2D eigenvalue weighted by Crippen LogP contribution is 2.48. The van der Waals surface area contributed by atoms with Gasteiger partial charge >= 0.3 is 0 Å². The summed E-state index contributed by atoms with van der Waals surface area (Å²) in [6, 6.07) is 69.2. The van der Waals surface area contributed by atoms with Gasteiger partial charge in [0.2, 0.25) is 0 Å². The first-order valence-electron chi connectivity index (χ1n) is 17.4. The molecule has 1 aliphatic rings. The van der Waals surface area contributed by atoms with Gasteiger partial charge in [0.05, 0.1) is 16.7 Å². The lowest BCUT2D eigenvalue weighted by Crippen LogP contribution is -2.10. The molecule has 1 aliphatic heterocycles. The van der Waals surface area contributed by atoms with E-state index in [2.05, 4.69) is 191 Å². The molecule has 0 atom stereocenters. The Morgan fingerprint density at radius 1 is 0.392 bits per heavy atom. The third-order valence-electron chi connectivity index (χ3n) is 9.94. The molecule has 51 heavy (non-hydrogen) atoms. The van der Waals surface area contributed by atoms with Crippen LogP contribution in [0.3, 0.4) is 0 Å². The van der Waals surface area contributed by atoms with E-state index in [0.717, 1.165) is 39.8 Å². The van der Waals surface area contributed by atoms with Crippen LogP contribution < -0.4 is 9.64 Å². The van der Waals surface area contributed by atoms with E-state index in [1.54, 1.807) is 0 Å². The lowest BCUT2D eigenvalue weighted by Gasteiger charge is -2.27. The summed E-state index contributed by atoms with van der Waals surface area (Å²) in [7, 11) is 0. The number of aromatic nitrogens is 1. The van der Waals surface area contributed by atoms with E-state index in [1.807, 2.05) is 12.1 Å². The van der Waals surface area contributed by atoms with Gasteiger partial charge in [-0.05, 0) is 100 Å². The van der Waals surface area contributed by atoms with Crippen LogP contribution in [0.25, 0.3) is 60.9 Å². The maximum absolute atomic E-state index is 6.40. The molecule has 0 saturated heterocycles. The van der Waals surface area contributed by atoms with Crippen LogP contribution in [0.4, 0.5) is 17.1 Å². The van der Waals surface area contributed by atoms with Crippen molar-refractivity contribution in [2.24, 2.45) is 0 Å². The number of para-hydroxylation sites is 4. The second kappa shape index (κ2) is 11.9. The van der Waals surface area contributed by atoms with Crippen LogP contribution in [-0.2, 0) is 0 Å². The molecule has 0 bridgehead atoms. The molecular weight excluding hydrogens is 621 g/mol. The molecule has 240 valence electrons. The minimum absolute atomic E-state index is 0.873. The Balaban J connectivity index is 1.13. The molecule has 0 fully saturated rings. The quantitative estimate of drug-likeness (QED) is 0.178. The average molecular weight is 653 g/mol. The van der Waals surface area contributed by atoms with E-state index in [-0.39, 0.29) is 0 Å². The fraction of sp³-hybridized carbons (Fsp3) is 0. The zero-order valence-corrected chi connectivity index (χ0v) is 27.8. The second-order valence-corrected chi connectivity index (χ2v) is 13.0. The minimum atomic E-state index is 0.873. The van der Waals surface area contributed by atoms with Crippen molar-refractivity contribution < 1.29 is 4.74 Å². The highest BCUT2D eigenvalue weighted by Gasteiger charge is 2.25. The number of rotatable bonds is 6. The fourth-order valence-corrected chi connectivity index (χ4v) is 7.65. The predicted octanol–water partition coefficient (Wildman–Crippen LogP) is 13.4. The van der Waals surface area contributed by atoms with Crippen LogP contribution in [0, 0.1) is 0 Å². The van der Waals surface area contributed by atoms with Crippen molar-refractivity contribution in [1.82, 2.24) is 4.57 Å². The topological polar surface area (TPSA) is 17.4 Å². The molecule has 0 amide bonds. The number of benzene rings is 8. The second-order valence-electron chi connectivity index (χ2n) is 13.0. The molecule has 2 heterocycles. The van der Waals surface area contributed by atoms with Gasteiger partial charge in [0.15, 0.2) is 11.5 Å². The smallest absolute Gasteiger partial charge is 0.152 e. The normalized spacial score (nSPS) is 11.7. The van der Waals surface area contributed by atoms with Crippen LogP contribution in [0.15, 0.2) is 194 Å². The highest BCUT2D eigenvalue weighted by atomic mass is 16.5. The van der Waals surface area contributed by atoms with Crippen LogP contribution in [0.5, 0.6) is 11.5 Å². The van der Waals surface area contributed by atoms with E-state index in [9.17, 15) is 0 Å². The summed E-state index contributed by atoms with van der Waals surface area (Å²) in [5.41, 5.74) is 13.7. The van der Waals surface area contributed by atoms with Gasteiger partial charge in [-0.25, -0.2) is 0 Å². The van der Waals surface area contributed by atoms with Crippen molar-refractivity contribution in [1.29, 1.82) is 0 Å². The van der Waals surface area contributed by atoms with Gasteiger partial charge in [0, 0.05) is 27.8 Å². The number of ether oxygens (including phenoxy) is 1. The molecule has 0 aliphatic carbocycles. The first-order valence-corrected chi connectivity index (χ1v) is 17.4. The Morgan fingerprint density at radius 3 is 1.69 bits per heavy atom. The zero-order valence-electron chi connectivity index (χ0n) is 27.8. The van der Waals surface area contributed by atoms with Crippen molar-refractivity contribution >= 4 is 38.9 Å². The lowest BCUT2D eigenvalue weighted by atomic mass is 9.97. The average Bonchev–Trinajstić information content (AvgIpc) is 3.55. The molecule has 3 heteroatoms. The predicted molar refractivity (Wildman–Crippen MR) is 212 cm³/mol. The summed E-state index contributed by atoms with van der Waals surface area (Å²) in [6.07, 6.45) is 0. The van der Waals surface area contributed by atoms with Crippen molar-refractivity contribution in [3.8, 4) is 50.6 Å². The summed E-state index contributed by atoms with van der Waals surface area (Å²) < 4.78 is 8.76. The van der Waals surface area contributed by atoms with Crippen molar-refractivity contribution in [2.75, 3.05) is 4.90 Å². The van der Waals surface area contributed by atoms with E-state index in [4.69, 9.17) is 4.74 Å². The molecule has 0 N–H and O–H groups in total. The van der Waals surface area contributed by atoms with Gasteiger partial charge in [0.1, 0.15) is 0 Å². The maximum atomic E-state index is 6.40. The summed E-state index contributed by atoms with van der Waals surface area (Å²) >= 11 is 0. The van der Waals surface area contributed by atoms with Crippen LogP contribution in [-0.4, -0.2) is 4.57 Å². The molecule has 3 nitrogen and oxygen atoms in total. The summed E-state index contributed by atoms with van der Waals surface area (Å²) in [5.74, 6) is 1.76. The van der Waals surface area contributed by atoms with Gasteiger partial charge in [0.25, 0.3) is 0 Å². The number of nitrogens with zero attached hydrogens (tertiary/aromatic N) is 2. The lowest BCUT2D eigenvalue weighted by molar-refractivity contribution is 0.476. The monoisotopic (exact) mass is 652 g/mol. The third kappa shape index (κ3) is 4.90. The van der Waals surface area contributed by atoms with Gasteiger partial charge < -0.3 is 14.2 Å². The highest BCUT2D eigenvalue weighted by molar-refractivity contribution is 6.17. The summed E-state index contributed by atoms with van der Waals surface area (Å²) in [4.78, 5) is 2.36. The van der Waals surface area contributed by atoms with Crippen molar-refractivity contribution in [3.05, 3.63) is 194 Å². The molecular formula is C48H32N2O.